The van der Waals surface area contributed by atoms with Crippen LogP contribution in [-0.4, -0.2) is 57.5 Å². The molecular weight excluding hydrogens is 322 g/mol. The fourth-order valence-corrected chi connectivity index (χ4v) is 2.88. The highest BCUT2D eigenvalue weighted by atomic mass is 16.5. The van der Waals surface area contributed by atoms with Crippen molar-refractivity contribution < 1.29 is 19.2 Å². The number of aliphatic hydroxyl groups excluding tert-OH is 1. The Hall–Kier alpha value is -2.25. The fourth-order valence-electron chi connectivity index (χ4n) is 2.88. The van der Waals surface area contributed by atoms with Crippen LogP contribution in [0, 0.1) is 0 Å². The molecular formula is C18H23N3O4. The first-order valence-electron chi connectivity index (χ1n) is 8.52. The van der Waals surface area contributed by atoms with Crippen LogP contribution < -0.4 is 0 Å². The molecule has 3 rings (SSSR count). The van der Waals surface area contributed by atoms with E-state index in [9.17, 15) is 9.90 Å². The first-order valence-corrected chi connectivity index (χ1v) is 8.52. The molecule has 1 N–H and O–H groups in total. The van der Waals surface area contributed by atoms with Gasteiger partial charge in [-0.1, -0.05) is 35.5 Å². The maximum absolute atomic E-state index is 12.3. The van der Waals surface area contributed by atoms with Crippen LogP contribution in [0.4, 0.5) is 0 Å². The third-order valence-electron chi connectivity index (χ3n) is 4.09. The molecule has 0 radical (unpaired) electrons. The van der Waals surface area contributed by atoms with Crippen LogP contribution in [-0.2, 0) is 16.0 Å². The summed E-state index contributed by atoms with van der Waals surface area (Å²) in [6.07, 6.45) is -0.306. The smallest absolute Gasteiger partial charge is 0.227 e. The van der Waals surface area contributed by atoms with Gasteiger partial charge in [-0.25, -0.2) is 0 Å². The number of aliphatic hydroxyl groups is 1. The van der Waals surface area contributed by atoms with E-state index in [1.54, 1.807) is 4.90 Å². The van der Waals surface area contributed by atoms with E-state index in [0.29, 0.717) is 31.2 Å². The average molecular weight is 345 g/mol. The van der Waals surface area contributed by atoms with Crippen molar-refractivity contribution in [3.05, 3.63) is 36.2 Å². The predicted octanol–water partition coefficient (Wildman–Crippen LogP) is 1.67. The lowest BCUT2D eigenvalue weighted by Crippen LogP contribution is -2.31. The topological polar surface area (TPSA) is 88.7 Å². The van der Waals surface area contributed by atoms with E-state index in [2.05, 4.69) is 10.1 Å². The average Bonchev–Trinajstić information content (AvgIpc) is 3.20. The number of carbonyl (C=O) groups excluding carboxylic acids is 1. The molecule has 0 spiro atoms. The van der Waals surface area contributed by atoms with E-state index in [-0.39, 0.29) is 24.5 Å². The predicted molar refractivity (Wildman–Crippen MR) is 90.7 cm³/mol. The summed E-state index contributed by atoms with van der Waals surface area (Å²) in [4.78, 5) is 18.3. The number of nitrogens with zero attached hydrogens (tertiary/aromatic N) is 3. The van der Waals surface area contributed by atoms with Crippen LogP contribution in [0.3, 0.4) is 0 Å². The molecule has 1 aliphatic rings. The van der Waals surface area contributed by atoms with Gasteiger partial charge in [0.25, 0.3) is 0 Å². The van der Waals surface area contributed by atoms with Crippen LogP contribution in [0.25, 0.3) is 11.4 Å². The molecule has 1 amide bonds. The van der Waals surface area contributed by atoms with Crippen LogP contribution in [0.15, 0.2) is 34.9 Å². The van der Waals surface area contributed by atoms with Gasteiger partial charge in [-0.3, -0.25) is 4.79 Å². The van der Waals surface area contributed by atoms with Crippen molar-refractivity contribution in [3.8, 4) is 11.4 Å². The minimum atomic E-state index is -0.639. The van der Waals surface area contributed by atoms with Crippen molar-refractivity contribution in [1.29, 1.82) is 0 Å². The second kappa shape index (κ2) is 7.76. The number of likely N-dealkylation sites (tertiary alicyclic amines) is 1. The monoisotopic (exact) mass is 345 g/mol. The second-order valence-corrected chi connectivity index (χ2v) is 6.47. The summed E-state index contributed by atoms with van der Waals surface area (Å²) in [5.74, 6) is 0.903. The maximum atomic E-state index is 12.3. The van der Waals surface area contributed by atoms with Crippen LogP contribution in [0.2, 0.25) is 0 Å². The first kappa shape index (κ1) is 17.6. The van der Waals surface area contributed by atoms with Crippen LogP contribution in [0.5, 0.6) is 0 Å². The number of carbonyl (C=O) groups is 1. The molecule has 1 aromatic carbocycles. The maximum Gasteiger partial charge on any atom is 0.227 e. The van der Waals surface area contributed by atoms with Gasteiger partial charge in [-0.15, -0.1) is 0 Å². The SMILES string of the molecule is CC(C)O[C@H]1CN(C(=O)CCc2nc(-c3ccccc3)no2)C[C@@H]1O. The largest absolute Gasteiger partial charge is 0.388 e. The number of benzene rings is 1. The lowest BCUT2D eigenvalue weighted by atomic mass is 10.2. The lowest BCUT2D eigenvalue weighted by Gasteiger charge is -2.18. The number of hydrogen-bond donors (Lipinski definition) is 1. The number of rotatable bonds is 6. The van der Waals surface area contributed by atoms with Gasteiger partial charge in [0.05, 0.1) is 12.2 Å². The molecule has 2 atom stereocenters. The van der Waals surface area contributed by atoms with E-state index in [1.165, 1.54) is 0 Å². The zero-order valence-corrected chi connectivity index (χ0v) is 14.5. The Kier molecular flexibility index (Phi) is 5.45. The standard InChI is InChI=1S/C18H23N3O4/c1-12(2)24-15-11-21(10-14(15)22)17(23)9-8-16-19-18(20-25-16)13-6-4-3-5-7-13/h3-7,12,14-15,22H,8-11H2,1-2H3/t14-,15-/m0/s1. The number of amides is 1. The third-order valence-corrected chi connectivity index (χ3v) is 4.09. The van der Waals surface area contributed by atoms with E-state index >= 15 is 0 Å². The van der Waals surface area contributed by atoms with Gasteiger partial charge < -0.3 is 19.3 Å². The van der Waals surface area contributed by atoms with Gasteiger partial charge in [0.1, 0.15) is 6.10 Å². The van der Waals surface area contributed by atoms with E-state index in [4.69, 9.17) is 9.26 Å². The Morgan fingerprint density at radius 3 is 2.84 bits per heavy atom. The molecule has 0 unspecified atom stereocenters. The van der Waals surface area contributed by atoms with Crippen molar-refractivity contribution in [2.45, 2.75) is 45.0 Å². The van der Waals surface area contributed by atoms with Crippen LogP contribution >= 0.6 is 0 Å². The zero-order valence-electron chi connectivity index (χ0n) is 14.5. The molecule has 1 fully saturated rings. The van der Waals surface area contributed by atoms with Crippen molar-refractivity contribution in [3.63, 3.8) is 0 Å². The quantitative estimate of drug-likeness (QED) is 0.857. The van der Waals surface area contributed by atoms with Crippen molar-refractivity contribution in [2.75, 3.05) is 13.1 Å². The van der Waals surface area contributed by atoms with Gasteiger partial charge in [-0.2, -0.15) is 4.98 Å². The first-order chi connectivity index (χ1) is 12.0. The lowest BCUT2D eigenvalue weighted by molar-refractivity contribution is -0.131. The molecule has 7 heteroatoms. The van der Waals surface area contributed by atoms with Gasteiger partial charge in [0.2, 0.25) is 17.6 Å². The summed E-state index contributed by atoms with van der Waals surface area (Å²) >= 11 is 0. The Labute approximate surface area is 146 Å². The second-order valence-electron chi connectivity index (χ2n) is 6.47. The van der Waals surface area contributed by atoms with Gasteiger partial charge in [0, 0.05) is 31.5 Å². The minimum absolute atomic E-state index is 0.0181. The highest BCUT2D eigenvalue weighted by Gasteiger charge is 2.35. The molecule has 134 valence electrons. The number of hydrogen-bond acceptors (Lipinski definition) is 6. The molecule has 0 bridgehead atoms. The highest BCUT2D eigenvalue weighted by Crippen LogP contribution is 2.18. The van der Waals surface area contributed by atoms with Crippen LogP contribution in [0.1, 0.15) is 26.2 Å². The highest BCUT2D eigenvalue weighted by molar-refractivity contribution is 5.76. The summed E-state index contributed by atoms with van der Waals surface area (Å²) in [7, 11) is 0. The number of aryl methyl sites for hydroxylation is 1. The Bertz CT molecular complexity index is 701. The van der Waals surface area contributed by atoms with Crippen molar-refractivity contribution in [1.82, 2.24) is 15.0 Å². The molecule has 7 nitrogen and oxygen atoms in total. The van der Waals surface area contributed by atoms with E-state index < -0.39 is 6.10 Å². The molecule has 1 saturated heterocycles. The minimum Gasteiger partial charge on any atom is -0.388 e. The van der Waals surface area contributed by atoms with Crippen molar-refractivity contribution >= 4 is 5.91 Å². The summed E-state index contributed by atoms with van der Waals surface area (Å²) < 4.78 is 10.9. The van der Waals surface area contributed by atoms with E-state index in [0.717, 1.165) is 5.56 Å². The van der Waals surface area contributed by atoms with Gasteiger partial charge in [0.15, 0.2) is 0 Å². The zero-order chi connectivity index (χ0) is 17.8. The van der Waals surface area contributed by atoms with Gasteiger partial charge in [-0.05, 0) is 13.8 Å². The summed E-state index contributed by atoms with van der Waals surface area (Å²) in [5, 5.41) is 14.0. The number of β-amino-alcohol motifs (C(OH)–C–C–N with tert-alkyl or cyclic N) is 1. The fraction of sp³-hybridized carbons (Fsp3) is 0.500. The molecule has 0 saturated carbocycles. The molecule has 2 heterocycles. The summed E-state index contributed by atoms with van der Waals surface area (Å²) in [6.45, 7) is 4.54. The number of aromatic nitrogens is 2. The molecule has 1 aromatic heterocycles. The molecule has 25 heavy (non-hydrogen) atoms. The normalized spacial score (nSPS) is 20.4. The van der Waals surface area contributed by atoms with E-state index in [1.807, 2.05) is 44.2 Å². The molecule has 1 aliphatic heterocycles. The molecule has 0 aliphatic carbocycles. The Balaban J connectivity index is 1.52. The molecule has 2 aromatic rings. The van der Waals surface area contributed by atoms with Gasteiger partial charge >= 0.3 is 0 Å². The number of ether oxygens (including phenoxy) is 1. The van der Waals surface area contributed by atoms with Crippen molar-refractivity contribution in [2.24, 2.45) is 0 Å². The Morgan fingerprint density at radius 2 is 2.12 bits per heavy atom. The Morgan fingerprint density at radius 1 is 1.36 bits per heavy atom. The third kappa shape index (κ3) is 4.43. The summed E-state index contributed by atoms with van der Waals surface area (Å²) in [5.41, 5.74) is 0.875. The summed E-state index contributed by atoms with van der Waals surface area (Å²) in [6, 6.07) is 9.54.